The standard InChI is InChI=1S/C22H16Cl3N7O6S2/c1-11-8-18(23)29-21(26-11)27-14-6-4-12(16(9-14)39(33,34)35)2-3-13-5-7-15(10-17(13)40(36,37)38)28-22-31-19(24)30-20(25)32-22/h2-10H,1H3,(H,26,27,29)(H,33,34,35)(H,36,37,38)(H,28,30,31,32). The van der Waals surface area contributed by atoms with Crippen molar-refractivity contribution in [3.63, 3.8) is 0 Å². The van der Waals surface area contributed by atoms with Crippen LogP contribution in [0.3, 0.4) is 0 Å². The van der Waals surface area contributed by atoms with Crippen molar-refractivity contribution in [2.45, 2.75) is 16.7 Å². The molecule has 0 radical (unpaired) electrons. The van der Waals surface area contributed by atoms with Gasteiger partial charge in [-0.3, -0.25) is 9.11 Å². The Morgan fingerprint density at radius 2 is 1.12 bits per heavy atom. The van der Waals surface area contributed by atoms with Crippen molar-refractivity contribution in [3.05, 3.63) is 75.0 Å². The minimum Gasteiger partial charge on any atom is -0.324 e. The molecule has 2 heterocycles. The van der Waals surface area contributed by atoms with E-state index in [4.69, 9.17) is 34.8 Å². The van der Waals surface area contributed by atoms with E-state index < -0.39 is 30.0 Å². The molecule has 0 atom stereocenters. The molecule has 0 fully saturated rings. The molecule has 2 aromatic heterocycles. The summed E-state index contributed by atoms with van der Waals surface area (Å²) in [4.78, 5) is 18.4. The van der Waals surface area contributed by atoms with E-state index in [1.54, 1.807) is 6.92 Å². The molecule has 0 bridgehead atoms. The second-order valence-electron chi connectivity index (χ2n) is 7.89. The maximum Gasteiger partial charge on any atom is 0.295 e. The fraction of sp³-hybridized carbons (Fsp3) is 0.0455. The number of rotatable bonds is 8. The van der Waals surface area contributed by atoms with Crippen LogP contribution in [0.2, 0.25) is 15.7 Å². The van der Waals surface area contributed by atoms with Crippen LogP contribution >= 0.6 is 34.8 Å². The molecule has 13 nitrogen and oxygen atoms in total. The summed E-state index contributed by atoms with van der Waals surface area (Å²) in [5, 5.41) is 5.25. The van der Waals surface area contributed by atoms with Crippen LogP contribution in [0.15, 0.2) is 52.3 Å². The van der Waals surface area contributed by atoms with Crippen LogP contribution in [-0.4, -0.2) is 50.9 Å². The zero-order valence-corrected chi connectivity index (χ0v) is 23.8. The van der Waals surface area contributed by atoms with Gasteiger partial charge in [-0.25, -0.2) is 9.97 Å². The van der Waals surface area contributed by atoms with Gasteiger partial charge < -0.3 is 10.6 Å². The van der Waals surface area contributed by atoms with Gasteiger partial charge in [0, 0.05) is 17.1 Å². The number of benzene rings is 2. The molecule has 0 saturated heterocycles. The first-order valence-corrected chi connectivity index (χ1v) is 14.7. The van der Waals surface area contributed by atoms with Crippen molar-refractivity contribution < 1.29 is 25.9 Å². The molecule has 0 amide bonds. The molecule has 4 aromatic rings. The highest BCUT2D eigenvalue weighted by atomic mass is 35.5. The summed E-state index contributed by atoms with van der Waals surface area (Å²) >= 11 is 17.4. The van der Waals surface area contributed by atoms with Crippen LogP contribution in [0.25, 0.3) is 12.2 Å². The average Bonchev–Trinajstić information content (AvgIpc) is 2.81. The summed E-state index contributed by atoms with van der Waals surface area (Å²) in [6.45, 7) is 1.69. The quantitative estimate of drug-likeness (QED) is 0.113. The second-order valence-corrected chi connectivity index (χ2v) is 11.7. The fourth-order valence-corrected chi connectivity index (χ4v) is 5.37. The fourth-order valence-electron chi connectivity index (χ4n) is 3.35. The minimum absolute atomic E-state index is 0.00828. The lowest BCUT2D eigenvalue weighted by atomic mass is 10.1. The number of nitrogens with one attached hydrogen (secondary N) is 2. The summed E-state index contributed by atoms with van der Waals surface area (Å²) in [7, 11) is -9.49. The molecule has 0 aliphatic carbocycles. The van der Waals surface area contributed by atoms with Crippen molar-refractivity contribution in [1.82, 2.24) is 24.9 Å². The first-order chi connectivity index (χ1) is 18.7. The van der Waals surface area contributed by atoms with Crippen molar-refractivity contribution in [1.29, 1.82) is 0 Å². The van der Waals surface area contributed by atoms with E-state index in [2.05, 4.69) is 35.6 Å². The van der Waals surface area contributed by atoms with Gasteiger partial charge in [0.05, 0.1) is 0 Å². The number of hydrogen-bond acceptors (Lipinski definition) is 11. The lowest BCUT2D eigenvalue weighted by Gasteiger charge is -2.10. The molecule has 0 saturated carbocycles. The Bertz CT molecular complexity index is 1700. The van der Waals surface area contributed by atoms with Crippen molar-refractivity contribution in [2.75, 3.05) is 10.6 Å². The first-order valence-electron chi connectivity index (χ1n) is 10.7. The minimum atomic E-state index is -4.75. The van der Waals surface area contributed by atoms with E-state index in [1.165, 1.54) is 42.5 Å². The zero-order valence-electron chi connectivity index (χ0n) is 19.9. The normalized spacial score (nSPS) is 12.1. The molecule has 208 valence electrons. The van der Waals surface area contributed by atoms with Crippen molar-refractivity contribution >= 4 is 90.5 Å². The smallest absolute Gasteiger partial charge is 0.295 e. The molecule has 0 unspecified atom stereocenters. The Morgan fingerprint density at radius 1 is 0.675 bits per heavy atom. The number of hydrogen-bond donors (Lipinski definition) is 4. The average molecular weight is 645 g/mol. The van der Waals surface area contributed by atoms with Gasteiger partial charge in [0.1, 0.15) is 14.9 Å². The molecular weight excluding hydrogens is 629 g/mol. The summed E-state index contributed by atoms with van der Waals surface area (Å²) < 4.78 is 68.1. The number of aromatic nitrogens is 5. The summed E-state index contributed by atoms with van der Waals surface area (Å²) in [6.07, 6.45) is 2.49. The lowest BCUT2D eigenvalue weighted by Crippen LogP contribution is -2.05. The van der Waals surface area contributed by atoms with Gasteiger partial charge in [-0.15, -0.1) is 0 Å². The number of aryl methyl sites for hydroxylation is 1. The van der Waals surface area contributed by atoms with E-state index in [0.717, 1.165) is 12.1 Å². The van der Waals surface area contributed by atoms with Gasteiger partial charge in [-0.05, 0) is 71.6 Å². The summed E-state index contributed by atoms with van der Waals surface area (Å²) in [5.41, 5.74) is 0.934. The predicted molar refractivity (Wildman–Crippen MR) is 150 cm³/mol. The van der Waals surface area contributed by atoms with Gasteiger partial charge in [0.25, 0.3) is 20.2 Å². The highest BCUT2D eigenvalue weighted by Gasteiger charge is 2.18. The number of anilines is 4. The van der Waals surface area contributed by atoms with Crippen LogP contribution in [-0.2, 0) is 20.2 Å². The van der Waals surface area contributed by atoms with Gasteiger partial charge in [-0.2, -0.15) is 31.8 Å². The third-order valence-electron chi connectivity index (χ3n) is 4.94. The maximum absolute atomic E-state index is 12.1. The molecule has 4 N–H and O–H groups in total. The van der Waals surface area contributed by atoms with Gasteiger partial charge in [0.2, 0.25) is 22.5 Å². The van der Waals surface area contributed by atoms with E-state index in [9.17, 15) is 25.9 Å². The van der Waals surface area contributed by atoms with Gasteiger partial charge in [0.15, 0.2) is 0 Å². The van der Waals surface area contributed by atoms with E-state index in [1.807, 2.05) is 0 Å². The van der Waals surface area contributed by atoms with Crippen LogP contribution in [0.1, 0.15) is 16.8 Å². The Morgan fingerprint density at radius 3 is 1.55 bits per heavy atom. The van der Waals surface area contributed by atoms with Crippen LogP contribution < -0.4 is 10.6 Å². The van der Waals surface area contributed by atoms with E-state index in [0.29, 0.717) is 5.69 Å². The van der Waals surface area contributed by atoms with Gasteiger partial charge in [-0.1, -0.05) is 35.9 Å². The molecule has 18 heteroatoms. The number of halogens is 3. The SMILES string of the molecule is Cc1cc(Cl)nc(Nc2ccc(C=Cc3ccc(Nc4nc(Cl)nc(Cl)n4)cc3S(=O)(=O)O)c(S(=O)(=O)O)c2)n1. The Hall–Kier alpha value is -3.44. The molecule has 0 aliphatic heterocycles. The van der Waals surface area contributed by atoms with Crippen LogP contribution in [0, 0.1) is 6.92 Å². The largest absolute Gasteiger partial charge is 0.324 e. The van der Waals surface area contributed by atoms with E-state index in [-0.39, 0.29) is 50.1 Å². The molecule has 2 aromatic carbocycles. The molecule has 40 heavy (non-hydrogen) atoms. The van der Waals surface area contributed by atoms with Crippen molar-refractivity contribution in [3.8, 4) is 0 Å². The number of nitrogens with zero attached hydrogens (tertiary/aromatic N) is 5. The highest BCUT2D eigenvalue weighted by Crippen LogP contribution is 2.28. The molecular formula is C22H16Cl3N7O6S2. The first kappa shape index (κ1) is 29.5. The van der Waals surface area contributed by atoms with Crippen LogP contribution in [0.5, 0.6) is 0 Å². The Balaban J connectivity index is 1.69. The van der Waals surface area contributed by atoms with Crippen molar-refractivity contribution in [2.24, 2.45) is 0 Å². The topological polar surface area (TPSA) is 197 Å². The molecule has 0 spiro atoms. The van der Waals surface area contributed by atoms with E-state index >= 15 is 0 Å². The van der Waals surface area contributed by atoms with Gasteiger partial charge >= 0.3 is 0 Å². The lowest BCUT2D eigenvalue weighted by molar-refractivity contribution is 0.480. The Labute approximate surface area is 242 Å². The molecule has 0 aliphatic rings. The molecule has 4 rings (SSSR count). The Kier molecular flexibility index (Phi) is 8.55. The summed E-state index contributed by atoms with van der Waals surface area (Å²) in [5.74, 6) is 0.0159. The highest BCUT2D eigenvalue weighted by molar-refractivity contribution is 7.86. The third-order valence-corrected chi connectivity index (χ3v) is 7.29. The second kappa shape index (κ2) is 11.6. The summed E-state index contributed by atoms with van der Waals surface area (Å²) in [6, 6.07) is 9.36. The monoisotopic (exact) mass is 643 g/mol. The zero-order chi connectivity index (χ0) is 29.2. The maximum atomic E-state index is 12.1. The third kappa shape index (κ3) is 7.60. The predicted octanol–water partition coefficient (Wildman–Crippen LogP) is 5.08. The van der Waals surface area contributed by atoms with Crippen LogP contribution in [0.4, 0.5) is 23.3 Å².